The zero-order valence-electron chi connectivity index (χ0n) is 4.33. The fourth-order valence-corrected chi connectivity index (χ4v) is 1.26. The monoisotopic (exact) mass is 228 g/mol. The molecule has 0 aromatic carbocycles. The predicted molar refractivity (Wildman–Crippen MR) is 45.5 cm³/mol. The van der Waals surface area contributed by atoms with Crippen LogP contribution < -0.4 is 0 Å². The van der Waals surface area contributed by atoms with Crippen molar-refractivity contribution in [3.05, 3.63) is 0 Å². The quantitative estimate of drug-likeness (QED) is 0.653. The number of hydrogen-bond acceptors (Lipinski definition) is 0. The molecule has 0 aliphatic heterocycles. The van der Waals surface area contributed by atoms with Gasteiger partial charge in [0.1, 0.15) is 4.84 Å². The van der Waals surface area contributed by atoms with E-state index < -0.39 is 10.2 Å². The predicted octanol–water partition coefficient (Wildman–Crippen LogP) is 3.24. The van der Waals surface area contributed by atoms with Crippen molar-refractivity contribution in [2.45, 2.75) is 15.6 Å². The molecule has 0 amide bonds. The van der Waals surface area contributed by atoms with Crippen molar-refractivity contribution < 1.29 is 0 Å². The smallest absolute Gasteiger partial charge is 0.125 e. The Balaban J connectivity index is 3.58. The molecule has 0 spiro atoms. The van der Waals surface area contributed by atoms with Crippen LogP contribution in [0.15, 0.2) is 0 Å². The van der Waals surface area contributed by atoms with Crippen LogP contribution in [0.2, 0.25) is 0 Å². The van der Waals surface area contributed by atoms with Crippen LogP contribution >= 0.6 is 58.0 Å². The van der Waals surface area contributed by atoms with Crippen LogP contribution in [0, 0.1) is 0 Å². The summed E-state index contributed by atoms with van der Waals surface area (Å²) in [6.07, 6.45) is 0. The molecule has 0 heterocycles. The largest absolute Gasteiger partial charge is 0.125 e. The lowest BCUT2D eigenvalue weighted by atomic mass is 10.3. The normalized spacial score (nSPS) is 18.0. The zero-order chi connectivity index (χ0) is 7.44. The molecule has 0 unspecified atom stereocenters. The Labute approximate surface area is 79.4 Å². The number of hydrogen-bond donors (Lipinski definition) is 0. The molecule has 0 N–H and O–H groups in total. The molecule has 0 nitrogen and oxygen atoms in total. The molecule has 0 fully saturated rings. The van der Waals surface area contributed by atoms with Crippen LogP contribution in [0.3, 0.4) is 0 Å². The van der Waals surface area contributed by atoms with Crippen molar-refractivity contribution in [2.75, 3.05) is 5.88 Å². The fraction of sp³-hybridized carbons (Fsp3) is 1.00. The Morgan fingerprint density at radius 3 is 1.56 bits per heavy atom. The summed E-state index contributed by atoms with van der Waals surface area (Å²) in [5.41, 5.74) is 0. The lowest BCUT2D eigenvalue weighted by Gasteiger charge is -2.12. The topological polar surface area (TPSA) is 0 Å². The van der Waals surface area contributed by atoms with E-state index in [9.17, 15) is 0 Å². The second-order valence-corrected chi connectivity index (χ2v) is 3.99. The van der Waals surface area contributed by atoms with E-state index in [1.165, 1.54) is 0 Å². The average Bonchev–Trinajstić information content (AvgIpc) is 1.84. The van der Waals surface area contributed by atoms with Gasteiger partial charge in [-0.05, 0) is 0 Å². The van der Waals surface area contributed by atoms with E-state index in [-0.39, 0.29) is 11.3 Å². The van der Waals surface area contributed by atoms with Crippen LogP contribution in [0.5, 0.6) is 0 Å². The van der Waals surface area contributed by atoms with Crippen LogP contribution in [0.25, 0.3) is 0 Å². The first kappa shape index (κ1) is 10.4. The molecule has 0 aromatic rings. The fourth-order valence-electron chi connectivity index (χ4n) is 0.243. The lowest BCUT2D eigenvalue weighted by molar-refractivity contribution is 0.884. The molecule has 0 aromatic heterocycles. The van der Waals surface area contributed by atoms with Crippen molar-refractivity contribution in [2.24, 2.45) is 0 Å². The Kier molecular flexibility index (Phi) is 5.98. The summed E-state index contributed by atoms with van der Waals surface area (Å²) in [6.45, 7) is 0. The van der Waals surface area contributed by atoms with Crippen molar-refractivity contribution in [3.8, 4) is 0 Å². The maximum absolute atomic E-state index is 5.59. The van der Waals surface area contributed by atoms with E-state index in [0.29, 0.717) is 0 Å². The highest BCUT2D eigenvalue weighted by molar-refractivity contribution is 6.49. The molecule has 0 bridgehead atoms. The summed E-state index contributed by atoms with van der Waals surface area (Å²) < 4.78 is 0. The summed E-state index contributed by atoms with van der Waals surface area (Å²) in [6, 6.07) is 0. The molecule has 0 aliphatic rings. The van der Waals surface area contributed by atoms with Crippen molar-refractivity contribution in [1.82, 2.24) is 0 Å². The third-order valence-corrected chi connectivity index (χ3v) is 3.14. The zero-order valence-corrected chi connectivity index (χ0v) is 8.11. The van der Waals surface area contributed by atoms with Crippen LogP contribution in [0.1, 0.15) is 0 Å². The highest BCUT2D eigenvalue weighted by Gasteiger charge is 2.21. The highest BCUT2D eigenvalue weighted by Crippen LogP contribution is 2.21. The van der Waals surface area contributed by atoms with Gasteiger partial charge in [-0.2, -0.15) is 0 Å². The number of alkyl halides is 5. The van der Waals surface area contributed by atoms with Gasteiger partial charge < -0.3 is 0 Å². The molecule has 0 saturated carbocycles. The van der Waals surface area contributed by atoms with E-state index in [4.69, 9.17) is 58.0 Å². The summed E-state index contributed by atoms with van der Waals surface area (Å²) >= 11 is 27.3. The third kappa shape index (κ3) is 4.00. The average molecular weight is 230 g/mol. The van der Waals surface area contributed by atoms with Gasteiger partial charge in [0.15, 0.2) is 0 Å². The van der Waals surface area contributed by atoms with Gasteiger partial charge in [0.2, 0.25) is 0 Å². The molecular weight excluding hydrogens is 225 g/mol. The molecule has 5 heteroatoms. The second kappa shape index (κ2) is 5.15. The standard InChI is InChI=1S/C4H5Cl5/c5-1-2(6)3(7)4(8)9/h2-4H,1H2/t2-,3-/m1/s1. The lowest BCUT2D eigenvalue weighted by Crippen LogP contribution is -2.22. The Hall–Kier alpha value is 1.45. The molecule has 56 valence electrons. The van der Waals surface area contributed by atoms with Gasteiger partial charge in [-0.25, -0.2) is 0 Å². The summed E-state index contributed by atoms with van der Waals surface area (Å²) in [5.74, 6) is 0.256. The Bertz CT molecular complexity index is 73.4. The SMILES string of the molecule is ClC[C@@H](Cl)[C@@H](Cl)C(Cl)Cl. The third-order valence-electron chi connectivity index (χ3n) is 0.734. The minimum Gasteiger partial charge on any atom is -0.125 e. The Morgan fingerprint density at radius 1 is 1.00 bits per heavy atom. The Morgan fingerprint density at radius 2 is 1.44 bits per heavy atom. The molecule has 0 aliphatic carbocycles. The van der Waals surface area contributed by atoms with E-state index in [1.54, 1.807) is 0 Å². The van der Waals surface area contributed by atoms with E-state index in [0.717, 1.165) is 0 Å². The number of rotatable bonds is 3. The van der Waals surface area contributed by atoms with Gasteiger partial charge in [0, 0.05) is 5.88 Å². The van der Waals surface area contributed by atoms with Gasteiger partial charge in [0.05, 0.1) is 10.8 Å². The van der Waals surface area contributed by atoms with E-state index in [2.05, 4.69) is 0 Å². The molecule has 2 atom stereocenters. The van der Waals surface area contributed by atoms with Crippen molar-refractivity contribution >= 4 is 58.0 Å². The maximum Gasteiger partial charge on any atom is 0.125 e. The van der Waals surface area contributed by atoms with Crippen molar-refractivity contribution in [1.29, 1.82) is 0 Å². The van der Waals surface area contributed by atoms with Gasteiger partial charge >= 0.3 is 0 Å². The second-order valence-electron chi connectivity index (χ2n) is 1.45. The number of halogens is 5. The summed E-state index contributed by atoms with van der Waals surface area (Å²) in [5, 5.41) is -0.846. The minimum absolute atomic E-state index is 0.256. The van der Waals surface area contributed by atoms with Gasteiger partial charge in [-0.3, -0.25) is 0 Å². The van der Waals surface area contributed by atoms with Gasteiger partial charge in [0.25, 0.3) is 0 Å². The molecule has 9 heavy (non-hydrogen) atoms. The highest BCUT2D eigenvalue weighted by atomic mass is 35.5. The van der Waals surface area contributed by atoms with Crippen LogP contribution in [-0.2, 0) is 0 Å². The molecular formula is C4H5Cl5. The van der Waals surface area contributed by atoms with Crippen molar-refractivity contribution in [3.63, 3.8) is 0 Å². The van der Waals surface area contributed by atoms with E-state index >= 15 is 0 Å². The van der Waals surface area contributed by atoms with Gasteiger partial charge in [-0.1, -0.05) is 0 Å². The molecule has 0 radical (unpaired) electrons. The van der Waals surface area contributed by atoms with Crippen LogP contribution in [-0.4, -0.2) is 21.5 Å². The summed E-state index contributed by atoms with van der Waals surface area (Å²) in [7, 11) is 0. The minimum atomic E-state index is -0.659. The first-order chi connectivity index (χ1) is 4.09. The molecule has 0 rings (SSSR count). The maximum atomic E-state index is 5.59. The van der Waals surface area contributed by atoms with E-state index in [1.807, 2.05) is 0 Å². The first-order valence-electron chi connectivity index (χ1n) is 2.22. The molecule has 0 saturated heterocycles. The first-order valence-corrected chi connectivity index (χ1v) is 4.50. The summed E-state index contributed by atoms with van der Waals surface area (Å²) in [4.78, 5) is -0.659. The van der Waals surface area contributed by atoms with Crippen LogP contribution in [0.4, 0.5) is 0 Å². The van der Waals surface area contributed by atoms with Gasteiger partial charge in [-0.15, -0.1) is 58.0 Å².